The third-order valence-electron chi connectivity index (χ3n) is 6.74. The highest BCUT2D eigenvalue weighted by atomic mass is 32.1. The summed E-state index contributed by atoms with van der Waals surface area (Å²) in [5, 5.41) is 4.04. The van der Waals surface area contributed by atoms with E-state index >= 15 is 0 Å². The van der Waals surface area contributed by atoms with Crippen molar-refractivity contribution in [2.75, 3.05) is 36.4 Å². The summed E-state index contributed by atoms with van der Waals surface area (Å²) in [5.41, 5.74) is 4.53. The minimum absolute atomic E-state index is 0.00427. The molecule has 0 atom stereocenters. The molecule has 0 unspecified atom stereocenters. The van der Waals surface area contributed by atoms with Gasteiger partial charge in [-0.2, -0.15) is 4.37 Å². The lowest BCUT2D eigenvalue weighted by atomic mass is 9.94. The molecule has 1 aliphatic rings. The Hall–Kier alpha value is -3.00. The highest BCUT2D eigenvalue weighted by Gasteiger charge is 2.30. The summed E-state index contributed by atoms with van der Waals surface area (Å²) in [6, 6.07) is 8.05. The van der Waals surface area contributed by atoms with Crippen molar-refractivity contribution in [3.63, 3.8) is 0 Å². The Morgan fingerprint density at radius 2 is 1.79 bits per heavy atom. The second-order valence-electron chi connectivity index (χ2n) is 8.75. The molecule has 0 aliphatic carbocycles. The van der Waals surface area contributed by atoms with Crippen molar-refractivity contribution in [1.82, 2.24) is 14.3 Å². The molecule has 1 fully saturated rings. The van der Waals surface area contributed by atoms with Gasteiger partial charge < -0.3 is 15.1 Å². The number of aryl methyl sites for hydroxylation is 2. The van der Waals surface area contributed by atoms with Gasteiger partial charge in [0.05, 0.1) is 22.3 Å². The Labute approximate surface area is 205 Å². The first-order chi connectivity index (χ1) is 16.5. The van der Waals surface area contributed by atoms with Crippen LogP contribution in [-0.4, -0.2) is 52.3 Å². The molecule has 2 aromatic heterocycles. The van der Waals surface area contributed by atoms with E-state index in [0.717, 1.165) is 46.5 Å². The molecule has 0 saturated carbocycles. The van der Waals surface area contributed by atoms with E-state index in [9.17, 15) is 9.59 Å². The van der Waals surface area contributed by atoms with E-state index in [1.165, 1.54) is 17.1 Å². The summed E-state index contributed by atoms with van der Waals surface area (Å²) < 4.78 is 4.50. The molecule has 1 aromatic carbocycles. The highest BCUT2D eigenvalue weighted by Crippen LogP contribution is 2.37. The zero-order valence-corrected chi connectivity index (χ0v) is 21.2. The summed E-state index contributed by atoms with van der Waals surface area (Å²) in [7, 11) is 0. The molecule has 3 heterocycles. The van der Waals surface area contributed by atoms with E-state index in [4.69, 9.17) is 0 Å². The quantitative estimate of drug-likeness (QED) is 0.522. The highest BCUT2D eigenvalue weighted by molar-refractivity contribution is 7.13. The van der Waals surface area contributed by atoms with Crippen LogP contribution in [0, 0.1) is 12.8 Å². The fraction of sp³-hybridized carbons (Fsp3) is 0.462. The summed E-state index contributed by atoms with van der Waals surface area (Å²) in [5.74, 6) is 0.00930. The van der Waals surface area contributed by atoms with Gasteiger partial charge in [0.25, 0.3) is 5.91 Å². The predicted octanol–water partition coefficient (Wildman–Crippen LogP) is 4.90. The normalized spacial score (nSPS) is 14.4. The van der Waals surface area contributed by atoms with E-state index in [1.54, 1.807) is 6.20 Å². The Morgan fingerprint density at radius 1 is 1.12 bits per heavy atom. The van der Waals surface area contributed by atoms with Crippen LogP contribution in [0.5, 0.6) is 0 Å². The second-order valence-corrected chi connectivity index (χ2v) is 9.50. The Bertz CT molecular complexity index is 1160. The van der Waals surface area contributed by atoms with E-state index < -0.39 is 0 Å². The smallest absolute Gasteiger partial charge is 0.257 e. The number of pyridine rings is 1. The standard InChI is InChI=1S/C26H33N5O2S/c1-5-18-8-10-20(11-9-18)28-24(32)19-12-14-31(15-13-19)23-21(26(33)30(6-2)7-3)16-27-25-22(23)17(4)29-34-25/h8-11,16,19H,5-7,12-15H2,1-4H3,(H,28,32). The van der Waals surface area contributed by atoms with Crippen molar-refractivity contribution in [3.05, 3.63) is 47.3 Å². The molecular formula is C26H33N5O2S. The largest absolute Gasteiger partial charge is 0.370 e. The number of amides is 2. The van der Waals surface area contributed by atoms with Crippen molar-refractivity contribution in [1.29, 1.82) is 0 Å². The van der Waals surface area contributed by atoms with Crippen molar-refractivity contribution < 1.29 is 9.59 Å². The minimum Gasteiger partial charge on any atom is -0.370 e. The van der Waals surface area contributed by atoms with Gasteiger partial charge in [0.1, 0.15) is 4.83 Å². The summed E-state index contributed by atoms with van der Waals surface area (Å²) in [4.78, 5) is 35.7. The maximum Gasteiger partial charge on any atom is 0.257 e. The van der Waals surface area contributed by atoms with Gasteiger partial charge >= 0.3 is 0 Å². The first-order valence-corrected chi connectivity index (χ1v) is 12.9. The number of hydrogen-bond acceptors (Lipinski definition) is 6. The Morgan fingerprint density at radius 3 is 2.41 bits per heavy atom. The van der Waals surface area contributed by atoms with Crippen LogP contribution >= 0.6 is 11.5 Å². The number of aromatic nitrogens is 2. The molecular weight excluding hydrogens is 446 g/mol. The molecule has 1 N–H and O–H groups in total. The zero-order chi connectivity index (χ0) is 24.2. The van der Waals surface area contributed by atoms with Gasteiger partial charge in [-0.15, -0.1) is 0 Å². The molecule has 0 bridgehead atoms. The fourth-order valence-corrected chi connectivity index (χ4v) is 5.39. The predicted molar refractivity (Wildman–Crippen MR) is 139 cm³/mol. The van der Waals surface area contributed by atoms with Gasteiger partial charge in [-0.25, -0.2) is 4.98 Å². The molecule has 1 saturated heterocycles. The number of benzene rings is 1. The number of rotatable bonds is 7. The lowest BCUT2D eigenvalue weighted by Gasteiger charge is -2.35. The van der Waals surface area contributed by atoms with Crippen LogP contribution in [-0.2, 0) is 11.2 Å². The summed E-state index contributed by atoms with van der Waals surface area (Å²) in [6.07, 6.45) is 4.15. The molecule has 7 nitrogen and oxygen atoms in total. The maximum absolute atomic E-state index is 13.3. The first-order valence-electron chi connectivity index (χ1n) is 12.2. The molecule has 1 aliphatic heterocycles. The van der Waals surface area contributed by atoms with Gasteiger partial charge in [-0.1, -0.05) is 19.1 Å². The molecule has 0 spiro atoms. The molecule has 8 heteroatoms. The van der Waals surface area contributed by atoms with E-state index in [1.807, 2.05) is 37.8 Å². The third kappa shape index (κ3) is 4.78. The van der Waals surface area contributed by atoms with E-state index in [2.05, 4.69) is 38.6 Å². The van der Waals surface area contributed by atoms with Crippen molar-refractivity contribution >= 4 is 44.9 Å². The Kier molecular flexibility index (Phi) is 7.46. The third-order valence-corrected chi connectivity index (χ3v) is 7.59. The topological polar surface area (TPSA) is 78.4 Å². The molecule has 34 heavy (non-hydrogen) atoms. The van der Waals surface area contributed by atoms with Crippen molar-refractivity contribution in [2.24, 2.45) is 5.92 Å². The van der Waals surface area contributed by atoms with Crippen LogP contribution in [0.25, 0.3) is 10.2 Å². The van der Waals surface area contributed by atoms with E-state index in [-0.39, 0.29) is 17.7 Å². The first kappa shape index (κ1) is 24.1. The average molecular weight is 480 g/mol. The Balaban J connectivity index is 1.54. The molecule has 3 aromatic rings. The number of nitrogens with zero attached hydrogens (tertiary/aromatic N) is 4. The van der Waals surface area contributed by atoms with Crippen LogP contribution in [0.3, 0.4) is 0 Å². The summed E-state index contributed by atoms with van der Waals surface area (Å²) in [6.45, 7) is 10.8. The maximum atomic E-state index is 13.3. The van der Waals surface area contributed by atoms with Gasteiger partial charge in [0.15, 0.2) is 0 Å². The lowest BCUT2D eigenvalue weighted by molar-refractivity contribution is -0.120. The summed E-state index contributed by atoms with van der Waals surface area (Å²) >= 11 is 1.36. The van der Waals surface area contributed by atoms with Crippen LogP contribution in [0.4, 0.5) is 11.4 Å². The van der Waals surface area contributed by atoms with Gasteiger partial charge in [0.2, 0.25) is 5.91 Å². The number of piperidine rings is 1. The van der Waals surface area contributed by atoms with Crippen molar-refractivity contribution in [3.8, 4) is 0 Å². The lowest BCUT2D eigenvalue weighted by Crippen LogP contribution is -2.40. The number of carbonyl (C=O) groups excluding carboxylic acids is 2. The molecule has 4 rings (SSSR count). The average Bonchev–Trinajstić information content (AvgIpc) is 3.25. The SMILES string of the molecule is CCc1ccc(NC(=O)C2CCN(c3c(C(=O)N(CC)CC)cnc4snc(C)c34)CC2)cc1. The van der Waals surface area contributed by atoms with Crippen LogP contribution in [0.2, 0.25) is 0 Å². The second kappa shape index (κ2) is 10.5. The molecule has 2 amide bonds. The fourth-order valence-electron chi connectivity index (χ4n) is 4.64. The number of anilines is 2. The monoisotopic (exact) mass is 479 g/mol. The van der Waals surface area contributed by atoms with Crippen LogP contribution in [0.1, 0.15) is 55.2 Å². The molecule has 0 radical (unpaired) electrons. The number of nitrogens with one attached hydrogen (secondary N) is 1. The van der Waals surface area contributed by atoms with Gasteiger partial charge in [0, 0.05) is 44.0 Å². The number of fused-ring (bicyclic) bond motifs is 1. The number of carbonyl (C=O) groups is 2. The molecule has 180 valence electrons. The van der Waals surface area contributed by atoms with Gasteiger partial charge in [-0.3, -0.25) is 9.59 Å². The minimum atomic E-state index is -0.0527. The number of hydrogen-bond donors (Lipinski definition) is 1. The van der Waals surface area contributed by atoms with Crippen LogP contribution < -0.4 is 10.2 Å². The zero-order valence-electron chi connectivity index (χ0n) is 20.4. The van der Waals surface area contributed by atoms with E-state index in [0.29, 0.717) is 31.7 Å². The van der Waals surface area contributed by atoms with Crippen LogP contribution in [0.15, 0.2) is 30.5 Å². The van der Waals surface area contributed by atoms with Gasteiger partial charge in [-0.05, 0) is 69.3 Å². The van der Waals surface area contributed by atoms with Crippen molar-refractivity contribution in [2.45, 2.75) is 47.0 Å².